The van der Waals surface area contributed by atoms with Gasteiger partial charge >= 0.3 is 0 Å². The summed E-state index contributed by atoms with van der Waals surface area (Å²) in [6.07, 6.45) is 1.81. The van der Waals surface area contributed by atoms with E-state index < -0.39 is 0 Å². The second-order valence-electron chi connectivity index (χ2n) is 4.93. The van der Waals surface area contributed by atoms with Crippen molar-refractivity contribution in [2.24, 2.45) is 0 Å². The number of methoxy groups -OCH3 is 1. The van der Waals surface area contributed by atoms with Crippen molar-refractivity contribution >= 4 is 11.6 Å². The number of benzene rings is 1. The first-order valence-electron chi connectivity index (χ1n) is 6.76. The third-order valence-corrected chi connectivity index (χ3v) is 3.52. The van der Waals surface area contributed by atoms with Crippen molar-refractivity contribution in [3.05, 3.63) is 29.8 Å². The minimum absolute atomic E-state index is 0.00410. The van der Waals surface area contributed by atoms with E-state index in [0.29, 0.717) is 18.1 Å². The number of likely N-dealkylation sites (tertiary alicyclic amines) is 1. The van der Waals surface area contributed by atoms with Crippen LogP contribution in [-0.2, 0) is 9.53 Å². The summed E-state index contributed by atoms with van der Waals surface area (Å²) in [4.78, 5) is 14.1. The number of carbonyl (C=O) groups is 1. The third-order valence-electron chi connectivity index (χ3n) is 3.52. The minimum atomic E-state index is -0.00410. The van der Waals surface area contributed by atoms with Crippen molar-refractivity contribution in [2.75, 3.05) is 32.1 Å². The topological polar surface area (TPSA) is 65.4 Å². The molecular weight excluding hydrogens is 254 g/mol. The highest BCUT2D eigenvalue weighted by molar-refractivity contribution is 5.90. The summed E-state index contributed by atoms with van der Waals surface area (Å²) in [5.74, 6) is -0.00410. The third kappa shape index (κ3) is 4.05. The summed E-state index contributed by atoms with van der Waals surface area (Å²) in [7, 11) is 1.73. The van der Waals surface area contributed by atoms with Gasteiger partial charge in [0.05, 0.1) is 17.7 Å². The van der Waals surface area contributed by atoms with Gasteiger partial charge in [0.25, 0.3) is 0 Å². The summed E-state index contributed by atoms with van der Waals surface area (Å²) in [6.45, 7) is 2.64. The average Bonchev–Trinajstić information content (AvgIpc) is 2.94. The van der Waals surface area contributed by atoms with E-state index in [4.69, 9.17) is 10.00 Å². The second-order valence-corrected chi connectivity index (χ2v) is 4.93. The van der Waals surface area contributed by atoms with E-state index in [1.807, 2.05) is 6.07 Å². The lowest BCUT2D eigenvalue weighted by Crippen LogP contribution is -2.27. The van der Waals surface area contributed by atoms with Gasteiger partial charge in [-0.05, 0) is 30.7 Å². The molecule has 1 N–H and O–H groups in total. The van der Waals surface area contributed by atoms with Gasteiger partial charge in [-0.1, -0.05) is 0 Å². The van der Waals surface area contributed by atoms with Crippen LogP contribution in [0.4, 0.5) is 5.69 Å². The number of ether oxygens (including phenoxy) is 1. The first kappa shape index (κ1) is 14.5. The molecule has 5 nitrogen and oxygen atoms in total. The molecular formula is C15H19N3O2. The molecule has 1 aliphatic rings. The number of rotatable bonds is 5. The Morgan fingerprint density at radius 3 is 2.85 bits per heavy atom. The lowest BCUT2D eigenvalue weighted by molar-refractivity contribution is -0.116. The smallest absolute Gasteiger partial charge is 0.225 e. The van der Waals surface area contributed by atoms with Crippen molar-refractivity contribution in [3.63, 3.8) is 0 Å². The fourth-order valence-corrected chi connectivity index (χ4v) is 2.30. The zero-order valence-electron chi connectivity index (χ0n) is 11.6. The van der Waals surface area contributed by atoms with Crippen molar-refractivity contribution in [2.45, 2.75) is 18.9 Å². The van der Waals surface area contributed by atoms with Gasteiger partial charge in [-0.25, -0.2) is 0 Å². The summed E-state index contributed by atoms with van der Waals surface area (Å²) in [5.41, 5.74) is 1.32. The number of amides is 1. The summed E-state index contributed by atoms with van der Waals surface area (Å²) in [6, 6.07) is 8.92. The highest BCUT2D eigenvalue weighted by atomic mass is 16.5. The zero-order valence-corrected chi connectivity index (χ0v) is 11.6. The number of carbonyl (C=O) groups excluding carboxylic acids is 1. The molecule has 20 heavy (non-hydrogen) atoms. The number of nitriles is 1. The number of anilines is 1. The summed E-state index contributed by atoms with van der Waals surface area (Å²) < 4.78 is 5.30. The number of nitrogens with one attached hydrogen (secondary N) is 1. The van der Waals surface area contributed by atoms with E-state index in [1.54, 1.807) is 31.4 Å². The Morgan fingerprint density at radius 1 is 1.50 bits per heavy atom. The van der Waals surface area contributed by atoms with Gasteiger partial charge in [0.2, 0.25) is 5.91 Å². The van der Waals surface area contributed by atoms with Crippen LogP contribution in [0.5, 0.6) is 0 Å². The molecule has 1 aliphatic heterocycles. The molecule has 0 radical (unpaired) electrons. The molecule has 1 saturated heterocycles. The molecule has 0 aliphatic carbocycles. The molecule has 106 valence electrons. The predicted octanol–water partition coefficient (Wildman–Crippen LogP) is 1.61. The number of hydrogen-bond donors (Lipinski definition) is 1. The van der Waals surface area contributed by atoms with Crippen LogP contribution in [0.15, 0.2) is 24.3 Å². The molecule has 0 bridgehead atoms. The lowest BCUT2D eigenvalue weighted by atomic mass is 10.2. The Labute approximate surface area is 119 Å². The lowest BCUT2D eigenvalue weighted by Gasteiger charge is -2.15. The van der Waals surface area contributed by atoms with Crippen LogP contribution in [0.3, 0.4) is 0 Å². The molecule has 1 amide bonds. The molecule has 1 atom stereocenters. The van der Waals surface area contributed by atoms with E-state index in [9.17, 15) is 4.79 Å². The molecule has 0 saturated carbocycles. The van der Waals surface area contributed by atoms with Crippen LogP contribution in [-0.4, -0.2) is 43.7 Å². The maximum atomic E-state index is 11.8. The van der Waals surface area contributed by atoms with E-state index in [0.717, 1.165) is 31.7 Å². The molecule has 1 fully saturated rings. The molecule has 1 heterocycles. The van der Waals surface area contributed by atoms with Crippen LogP contribution in [0.1, 0.15) is 18.4 Å². The fraction of sp³-hybridized carbons (Fsp3) is 0.467. The predicted molar refractivity (Wildman–Crippen MR) is 76.3 cm³/mol. The van der Waals surface area contributed by atoms with Crippen molar-refractivity contribution in [1.82, 2.24) is 4.90 Å². The highest BCUT2D eigenvalue weighted by Crippen LogP contribution is 2.13. The van der Waals surface area contributed by atoms with Crippen molar-refractivity contribution < 1.29 is 9.53 Å². The Kier molecular flexibility index (Phi) is 5.10. The van der Waals surface area contributed by atoms with Crippen LogP contribution in [0, 0.1) is 11.3 Å². The Hall–Kier alpha value is -1.90. The standard InChI is InChI=1S/C15H19N3O2/c1-20-14-6-8-18(11-14)9-7-15(19)17-13-4-2-12(10-16)3-5-13/h2-5,14H,6-9,11H2,1H3,(H,17,19). The van der Waals surface area contributed by atoms with Gasteiger partial charge in [-0.2, -0.15) is 5.26 Å². The first-order valence-corrected chi connectivity index (χ1v) is 6.76. The molecule has 0 spiro atoms. The van der Waals surface area contributed by atoms with Gasteiger partial charge in [-0.3, -0.25) is 4.79 Å². The Bertz CT molecular complexity index is 493. The molecule has 0 aromatic heterocycles. The summed E-state index contributed by atoms with van der Waals surface area (Å²) in [5, 5.41) is 11.5. The maximum Gasteiger partial charge on any atom is 0.225 e. The maximum absolute atomic E-state index is 11.8. The molecule has 1 aromatic carbocycles. The molecule has 2 rings (SSSR count). The monoisotopic (exact) mass is 273 g/mol. The second kappa shape index (κ2) is 7.04. The highest BCUT2D eigenvalue weighted by Gasteiger charge is 2.21. The van der Waals surface area contributed by atoms with Crippen LogP contribution >= 0.6 is 0 Å². The van der Waals surface area contributed by atoms with Crippen molar-refractivity contribution in [3.8, 4) is 6.07 Å². The Morgan fingerprint density at radius 2 is 2.25 bits per heavy atom. The molecule has 5 heteroatoms. The van der Waals surface area contributed by atoms with Gasteiger partial charge in [0, 0.05) is 38.9 Å². The number of nitrogens with zero attached hydrogens (tertiary/aromatic N) is 2. The van der Waals surface area contributed by atoms with Gasteiger partial charge < -0.3 is 15.0 Å². The van der Waals surface area contributed by atoms with Gasteiger partial charge in [0.15, 0.2) is 0 Å². The number of hydrogen-bond acceptors (Lipinski definition) is 4. The fourth-order valence-electron chi connectivity index (χ4n) is 2.30. The van der Waals surface area contributed by atoms with E-state index >= 15 is 0 Å². The first-order chi connectivity index (χ1) is 9.71. The SMILES string of the molecule is COC1CCN(CCC(=O)Nc2ccc(C#N)cc2)C1. The summed E-state index contributed by atoms with van der Waals surface area (Å²) >= 11 is 0. The molecule has 1 unspecified atom stereocenters. The normalized spacial score (nSPS) is 18.7. The largest absolute Gasteiger partial charge is 0.380 e. The zero-order chi connectivity index (χ0) is 14.4. The van der Waals surface area contributed by atoms with E-state index in [-0.39, 0.29) is 5.91 Å². The van der Waals surface area contributed by atoms with E-state index in [2.05, 4.69) is 10.2 Å². The van der Waals surface area contributed by atoms with Gasteiger partial charge in [0.1, 0.15) is 0 Å². The van der Waals surface area contributed by atoms with Crippen LogP contribution in [0.2, 0.25) is 0 Å². The average molecular weight is 273 g/mol. The molecule has 1 aromatic rings. The van der Waals surface area contributed by atoms with Gasteiger partial charge in [-0.15, -0.1) is 0 Å². The Balaban J connectivity index is 1.74. The van der Waals surface area contributed by atoms with E-state index in [1.165, 1.54) is 0 Å². The van der Waals surface area contributed by atoms with Crippen LogP contribution in [0.25, 0.3) is 0 Å². The van der Waals surface area contributed by atoms with Crippen LogP contribution < -0.4 is 5.32 Å². The van der Waals surface area contributed by atoms with Crippen molar-refractivity contribution in [1.29, 1.82) is 5.26 Å². The quantitative estimate of drug-likeness (QED) is 0.885. The minimum Gasteiger partial charge on any atom is -0.380 e.